The normalized spacial score (nSPS) is 14.2. The van der Waals surface area contributed by atoms with E-state index >= 15 is 0 Å². The molecule has 1 heterocycles. The van der Waals surface area contributed by atoms with Gasteiger partial charge in [-0.1, -0.05) is 19.0 Å². The monoisotopic (exact) mass is 267 g/mol. The second-order valence-electron chi connectivity index (χ2n) is 4.32. The molecule has 0 radical (unpaired) electrons. The number of rotatable bonds is 6. The van der Waals surface area contributed by atoms with Crippen LogP contribution in [0.1, 0.15) is 25.6 Å². The summed E-state index contributed by atoms with van der Waals surface area (Å²) in [6.07, 6.45) is -3.96. The Bertz CT molecular complexity index is 365. The van der Waals surface area contributed by atoms with Crippen LogP contribution in [0.5, 0.6) is 0 Å². The van der Waals surface area contributed by atoms with Crippen LogP contribution in [-0.2, 0) is 17.8 Å². The maximum absolute atomic E-state index is 11.8. The van der Waals surface area contributed by atoms with E-state index in [1.807, 2.05) is 13.8 Å². The third kappa shape index (κ3) is 5.46. The first-order valence-electron chi connectivity index (χ1n) is 5.49. The maximum atomic E-state index is 11.8. The quantitative estimate of drug-likeness (QED) is 0.848. The zero-order valence-corrected chi connectivity index (χ0v) is 10.2. The minimum absolute atomic E-state index is 0.0882. The van der Waals surface area contributed by atoms with Crippen molar-refractivity contribution in [1.82, 2.24) is 10.1 Å². The zero-order chi connectivity index (χ0) is 13.8. The molecule has 1 rings (SSSR count). The minimum atomic E-state index is -4.35. The third-order valence-corrected chi connectivity index (χ3v) is 2.27. The van der Waals surface area contributed by atoms with Gasteiger partial charge in [0.15, 0.2) is 5.82 Å². The number of aromatic nitrogens is 2. The van der Waals surface area contributed by atoms with E-state index in [0.29, 0.717) is 12.3 Å². The number of ether oxygens (including phenoxy) is 1. The largest absolute Gasteiger partial charge is 0.411 e. The molecule has 0 saturated carbocycles. The fourth-order valence-electron chi connectivity index (χ4n) is 1.13. The number of halogens is 3. The molecule has 1 atom stereocenters. The lowest BCUT2D eigenvalue weighted by molar-refractivity contribution is -0.177. The molecule has 1 aromatic heterocycles. The first kappa shape index (κ1) is 14.9. The lowest BCUT2D eigenvalue weighted by Gasteiger charge is -2.11. The minimum Gasteiger partial charge on any atom is -0.364 e. The van der Waals surface area contributed by atoms with E-state index in [-0.39, 0.29) is 24.4 Å². The first-order valence-corrected chi connectivity index (χ1v) is 5.49. The standard InChI is InChI=1S/C10H16F3N3O2/c1-6(2)7(14)3-9-15-8(16-18-9)4-17-5-10(11,12)13/h6-7H,3-5,14H2,1-2H3. The Labute approximate surface area is 102 Å². The Kier molecular flexibility index (Phi) is 5.09. The van der Waals surface area contributed by atoms with E-state index in [4.69, 9.17) is 10.3 Å². The molecule has 0 spiro atoms. The van der Waals surface area contributed by atoms with Crippen LogP contribution in [0.3, 0.4) is 0 Å². The fourth-order valence-corrected chi connectivity index (χ4v) is 1.13. The second-order valence-corrected chi connectivity index (χ2v) is 4.32. The molecule has 2 N–H and O–H groups in total. The molecule has 5 nitrogen and oxygen atoms in total. The summed E-state index contributed by atoms with van der Waals surface area (Å²) < 4.78 is 44.7. The van der Waals surface area contributed by atoms with Crippen LogP contribution in [0.15, 0.2) is 4.52 Å². The lowest BCUT2D eigenvalue weighted by Crippen LogP contribution is -2.28. The highest BCUT2D eigenvalue weighted by Crippen LogP contribution is 2.15. The van der Waals surface area contributed by atoms with Crippen molar-refractivity contribution in [3.8, 4) is 0 Å². The summed E-state index contributed by atoms with van der Waals surface area (Å²) in [6, 6.07) is -0.130. The molecule has 0 saturated heterocycles. The predicted octanol–water partition coefficient (Wildman–Crippen LogP) is 1.67. The number of nitrogens with two attached hydrogens (primary N) is 1. The molecule has 0 amide bonds. The van der Waals surface area contributed by atoms with Gasteiger partial charge in [0, 0.05) is 12.5 Å². The van der Waals surface area contributed by atoms with Crippen LogP contribution in [0.2, 0.25) is 0 Å². The SMILES string of the molecule is CC(C)C(N)Cc1nc(COCC(F)(F)F)no1. The van der Waals surface area contributed by atoms with E-state index in [9.17, 15) is 13.2 Å². The van der Waals surface area contributed by atoms with Crippen LogP contribution in [-0.4, -0.2) is 29.0 Å². The van der Waals surface area contributed by atoms with Crippen molar-refractivity contribution in [2.24, 2.45) is 11.7 Å². The van der Waals surface area contributed by atoms with E-state index in [0.717, 1.165) is 0 Å². The highest BCUT2D eigenvalue weighted by Gasteiger charge is 2.27. The molecule has 0 fully saturated rings. The van der Waals surface area contributed by atoms with Crippen LogP contribution >= 0.6 is 0 Å². The number of nitrogens with zero attached hydrogens (tertiary/aromatic N) is 2. The van der Waals surface area contributed by atoms with Gasteiger partial charge in [-0.3, -0.25) is 0 Å². The highest BCUT2D eigenvalue weighted by molar-refractivity contribution is 4.88. The van der Waals surface area contributed by atoms with Crippen molar-refractivity contribution in [2.75, 3.05) is 6.61 Å². The number of hydrogen-bond donors (Lipinski definition) is 1. The summed E-state index contributed by atoms with van der Waals surface area (Å²) in [7, 11) is 0. The molecule has 0 aliphatic heterocycles. The molecule has 0 aliphatic rings. The second kappa shape index (κ2) is 6.14. The van der Waals surface area contributed by atoms with E-state index in [2.05, 4.69) is 14.9 Å². The highest BCUT2D eigenvalue weighted by atomic mass is 19.4. The van der Waals surface area contributed by atoms with E-state index < -0.39 is 12.8 Å². The van der Waals surface area contributed by atoms with Gasteiger partial charge in [0.2, 0.25) is 5.89 Å². The van der Waals surface area contributed by atoms with Crippen LogP contribution in [0, 0.1) is 5.92 Å². The Morgan fingerprint density at radius 3 is 2.61 bits per heavy atom. The molecule has 18 heavy (non-hydrogen) atoms. The summed E-state index contributed by atoms with van der Waals surface area (Å²) in [6.45, 7) is 2.24. The molecule has 1 aromatic rings. The molecule has 1 unspecified atom stereocenters. The average molecular weight is 267 g/mol. The van der Waals surface area contributed by atoms with Gasteiger partial charge in [-0.25, -0.2) is 0 Å². The average Bonchev–Trinajstić information content (AvgIpc) is 2.63. The van der Waals surface area contributed by atoms with Crippen molar-refractivity contribution >= 4 is 0 Å². The zero-order valence-electron chi connectivity index (χ0n) is 10.2. The molecular formula is C10H16F3N3O2. The predicted molar refractivity (Wildman–Crippen MR) is 56.5 cm³/mol. The van der Waals surface area contributed by atoms with Crippen LogP contribution in [0.25, 0.3) is 0 Å². The Balaban J connectivity index is 2.39. The van der Waals surface area contributed by atoms with Crippen molar-refractivity contribution in [3.05, 3.63) is 11.7 Å². The summed E-state index contributed by atoms with van der Waals surface area (Å²) in [4.78, 5) is 3.90. The molecule has 104 valence electrons. The van der Waals surface area contributed by atoms with Crippen molar-refractivity contribution in [3.63, 3.8) is 0 Å². The van der Waals surface area contributed by atoms with Gasteiger partial charge in [-0.2, -0.15) is 18.2 Å². The topological polar surface area (TPSA) is 74.2 Å². The smallest absolute Gasteiger partial charge is 0.364 e. The Hall–Kier alpha value is -1.15. The van der Waals surface area contributed by atoms with Gasteiger partial charge < -0.3 is 15.0 Å². The Morgan fingerprint density at radius 1 is 1.39 bits per heavy atom. The van der Waals surface area contributed by atoms with Gasteiger partial charge in [0.05, 0.1) is 0 Å². The van der Waals surface area contributed by atoms with E-state index in [1.54, 1.807) is 0 Å². The number of alkyl halides is 3. The maximum Gasteiger partial charge on any atom is 0.411 e. The van der Waals surface area contributed by atoms with Gasteiger partial charge >= 0.3 is 6.18 Å². The summed E-state index contributed by atoms with van der Waals surface area (Å²) in [5.74, 6) is 0.647. The Morgan fingerprint density at radius 2 is 2.06 bits per heavy atom. The molecule has 0 bridgehead atoms. The lowest BCUT2D eigenvalue weighted by atomic mass is 10.0. The number of hydrogen-bond acceptors (Lipinski definition) is 5. The van der Waals surface area contributed by atoms with Crippen molar-refractivity contribution in [2.45, 2.75) is 39.1 Å². The molecule has 0 aliphatic carbocycles. The summed E-state index contributed by atoms with van der Waals surface area (Å²) in [5, 5.41) is 3.51. The van der Waals surface area contributed by atoms with Crippen LogP contribution in [0.4, 0.5) is 13.2 Å². The first-order chi connectivity index (χ1) is 8.28. The summed E-state index contributed by atoms with van der Waals surface area (Å²) >= 11 is 0. The van der Waals surface area contributed by atoms with E-state index in [1.165, 1.54) is 0 Å². The van der Waals surface area contributed by atoms with Crippen molar-refractivity contribution < 1.29 is 22.4 Å². The van der Waals surface area contributed by atoms with Crippen LogP contribution < -0.4 is 5.73 Å². The molecular weight excluding hydrogens is 251 g/mol. The van der Waals surface area contributed by atoms with Gasteiger partial charge in [0.25, 0.3) is 0 Å². The molecule has 0 aromatic carbocycles. The summed E-state index contributed by atoms with van der Waals surface area (Å²) in [5.41, 5.74) is 5.81. The van der Waals surface area contributed by atoms with Gasteiger partial charge in [-0.15, -0.1) is 0 Å². The van der Waals surface area contributed by atoms with Gasteiger partial charge in [0.1, 0.15) is 13.2 Å². The molecule has 8 heteroatoms. The van der Waals surface area contributed by atoms with Gasteiger partial charge in [-0.05, 0) is 5.92 Å². The van der Waals surface area contributed by atoms with Crippen molar-refractivity contribution in [1.29, 1.82) is 0 Å². The third-order valence-electron chi connectivity index (χ3n) is 2.27. The fraction of sp³-hybridized carbons (Fsp3) is 0.800.